The third kappa shape index (κ3) is 3.65. The van der Waals surface area contributed by atoms with Gasteiger partial charge in [-0.25, -0.2) is 4.98 Å². The summed E-state index contributed by atoms with van der Waals surface area (Å²) in [6.45, 7) is 3.63. The Kier molecular flexibility index (Phi) is 5.14. The maximum atomic E-state index is 12.1. The second kappa shape index (κ2) is 7.50. The second-order valence-corrected chi connectivity index (χ2v) is 7.02. The molecule has 2 aromatic heterocycles. The van der Waals surface area contributed by atoms with Crippen LogP contribution in [0, 0.1) is 25.2 Å². The molecule has 0 bridgehead atoms. The summed E-state index contributed by atoms with van der Waals surface area (Å²) in [7, 11) is 0. The number of para-hydroxylation sites is 1. The van der Waals surface area contributed by atoms with Crippen LogP contribution in [0.2, 0.25) is 0 Å². The number of carbonyl (C=O) groups excluding carboxylic acids is 1. The Balaban J connectivity index is 1.63. The lowest BCUT2D eigenvalue weighted by Crippen LogP contribution is -2.17. The van der Waals surface area contributed by atoms with Crippen LogP contribution in [0.25, 0.3) is 10.2 Å². The van der Waals surface area contributed by atoms with Crippen LogP contribution in [0.5, 0.6) is 0 Å². The first-order valence-corrected chi connectivity index (χ1v) is 8.93. The molecule has 0 aliphatic heterocycles. The molecule has 1 N–H and O–H groups in total. The van der Waals surface area contributed by atoms with Crippen LogP contribution in [0.4, 0.5) is 0 Å². The lowest BCUT2D eigenvalue weighted by molar-refractivity contribution is -0.144. The highest BCUT2D eigenvalue weighted by molar-refractivity contribution is 7.18. The number of pyridine rings is 1. The molecule has 6 nitrogen and oxygen atoms in total. The zero-order valence-corrected chi connectivity index (χ0v) is 15.3. The Hall–Kier alpha value is -2.98. The predicted molar refractivity (Wildman–Crippen MR) is 99.0 cm³/mol. The molecule has 0 unspecified atom stereocenters. The van der Waals surface area contributed by atoms with Crippen LogP contribution in [-0.2, 0) is 22.6 Å². The van der Waals surface area contributed by atoms with Crippen molar-refractivity contribution in [2.75, 3.05) is 0 Å². The number of hydrogen-bond acceptors (Lipinski definition) is 6. The van der Waals surface area contributed by atoms with Crippen molar-refractivity contribution in [3.63, 3.8) is 0 Å². The third-order valence-corrected chi connectivity index (χ3v) is 5.20. The molecule has 7 heteroatoms. The Morgan fingerprint density at radius 2 is 2.12 bits per heavy atom. The van der Waals surface area contributed by atoms with Gasteiger partial charge in [0.15, 0.2) is 0 Å². The maximum absolute atomic E-state index is 12.1. The van der Waals surface area contributed by atoms with Crippen LogP contribution in [0.3, 0.4) is 0 Å². The minimum Gasteiger partial charge on any atom is -0.458 e. The predicted octanol–water partition coefficient (Wildman–Crippen LogP) is 3.15. The van der Waals surface area contributed by atoms with E-state index in [-0.39, 0.29) is 24.6 Å². The fraction of sp³-hybridized carbons (Fsp3) is 0.263. The number of rotatable bonds is 5. The largest absolute Gasteiger partial charge is 0.458 e. The molecule has 0 fully saturated rings. The number of thiazole rings is 1. The van der Waals surface area contributed by atoms with Gasteiger partial charge in [0.1, 0.15) is 23.2 Å². The van der Waals surface area contributed by atoms with Gasteiger partial charge in [0, 0.05) is 12.1 Å². The van der Waals surface area contributed by atoms with E-state index < -0.39 is 5.56 Å². The molecule has 132 valence electrons. The van der Waals surface area contributed by atoms with Crippen LogP contribution in [0.15, 0.2) is 29.1 Å². The molecule has 0 aliphatic rings. The summed E-state index contributed by atoms with van der Waals surface area (Å²) in [4.78, 5) is 30.9. The monoisotopic (exact) mass is 367 g/mol. The molecule has 0 radical (unpaired) electrons. The summed E-state index contributed by atoms with van der Waals surface area (Å²) in [5, 5.41) is 9.85. The number of nitriles is 1. The number of ether oxygens (including phenoxy) is 1. The van der Waals surface area contributed by atoms with Crippen LogP contribution < -0.4 is 5.56 Å². The molecule has 0 saturated heterocycles. The second-order valence-electron chi connectivity index (χ2n) is 5.91. The highest BCUT2D eigenvalue weighted by atomic mass is 32.1. The molecule has 0 atom stereocenters. The van der Waals surface area contributed by atoms with E-state index in [1.807, 2.05) is 30.3 Å². The molecule has 0 saturated carbocycles. The Morgan fingerprint density at radius 3 is 2.85 bits per heavy atom. The fourth-order valence-electron chi connectivity index (χ4n) is 2.84. The van der Waals surface area contributed by atoms with E-state index in [4.69, 9.17) is 10.00 Å². The maximum Gasteiger partial charge on any atom is 0.306 e. The quantitative estimate of drug-likeness (QED) is 0.699. The third-order valence-electron chi connectivity index (χ3n) is 4.19. The Morgan fingerprint density at radius 1 is 1.35 bits per heavy atom. The topological polar surface area (TPSA) is 95.8 Å². The number of hydrogen-bond donors (Lipinski definition) is 1. The molecule has 0 aliphatic carbocycles. The van der Waals surface area contributed by atoms with E-state index in [9.17, 15) is 9.59 Å². The number of H-pyrrole nitrogens is 1. The van der Waals surface area contributed by atoms with Crippen molar-refractivity contribution in [3.05, 3.63) is 62.0 Å². The van der Waals surface area contributed by atoms with Crippen LogP contribution in [0.1, 0.15) is 33.8 Å². The molecule has 3 rings (SSSR count). The molecular formula is C19H17N3O3S. The van der Waals surface area contributed by atoms with Crippen molar-refractivity contribution in [1.29, 1.82) is 5.26 Å². The highest BCUT2D eigenvalue weighted by Crippen LogP contribution is 2.22. The zero-order chi connectivity index (χ0) is 18.7. The smallest absolute Gasteiger partial charge is 0.306 e. The number of carbonyl (C=O) groups is 1. The van der Waals surface area contributed by atoms with Crippen molar-refractivity contribution >= 4 is 27.5 Å². The first-order chi connectivity index (χ1) is 12.5. The normalized spacial score (nSPS) is 10.7. The number of fused-ring (bicyclic) bond motifs is 1. The van der Waals surface area contributed by atoms with Crippen LogP contribution >= 0.6 is 11.3 Å². The van der Waals surface area contributed by atoms with Crippen molar-refractivity contribution < 1.29 is 9.53 Å². The number of nitrogens with one attached hydrogen (secondary N) is 1. The van der Waals surface area contributed by atoms with Crippen LogP contribution in [-0.4, -0.2) is 15.9 Å². The molecule has 3 aromatic rings. The fourth-order valence-corrected chi connectivity index (χ4v) is 3.72. The van der Waals surface area contributed by atoms with Gasteiger partial charge in [-0.3, -0.25) is 9.59 Å². The van der Waals surface area contributed by atoms with Gasteiger partial charge in [-0.1, -0.05) is 12.1 Å². The minimum absolute atomic E-state index is 0.0912. The molecule has 0 amide bonds. The average molecular weight is 367 g/mol. The summed E-state index contributed by atoms with van der Waals surface area (Å²) in [6.07, 6.45) is 0.575. The van der Waals surface area contributed by atoms with Gasteiger partial charge in [-0.15, -0.1) is 11.3 Å². The summed E-state index contributed by atoms with van der Waals surface area (Å²) < 4.78 is 6.37. The molecule has 26 heavy (non-hydrogen) atoms. The molecular weight excluding hydrogens is 350 g/mol. The van der Waals surface area contributed by atoms with Gasteiger partial charge in [-0.05, 0) is 43.5 Å². The van der Waals surface area contributed by atoms with Gasteiger partial charge in [0.25, 0.3) is 5.56 Å². The lowest BCUT2D eigenvalue weighted by atomic mass is 9.99. The number of aromatic amines is 1. The van der Waals surface area contributed by atoms with Gasteiger partial charge in [0.2, 0.25) is 0 Å². The number of aryl methyl sites for hydroxylation is 1. The van der Waals surface area contributed by atoms with E-state index >= 15 is 0 Å². The summed E-state index contributed by atoms with van der Waals surface area (Å²) in [5.74, 6) is -0.340. The van der Waals surface area contributed by atoms with Gasteiger partial charge >= 0.3 is 5.97 Å². The summed E-state index contributed by atoms with van der Waals surface area (Å²) in [6, 6.07) is 9.68. The van der Waals surface area contributed by atoms with Crippen molar-refractivity contribution in [3.8, 4) is 6.07 Å². The molecule has 2 heterocycles. The molecule has 1 aromatic carbocycles. The average Bonchev–Trinajstić information content (AvgIpc) is 3.02. The summed E-state index contributed by atoms with van der Waals surface area (Å²) >= 11 is 1.50. The number of esters is 1. The molecule has 0 spiro atoms. The van der Waals surface area contributed by atoms with E-state index in [1.54, 1.807) is 13.8 Å². The highest BCUT2D eigenvalue weighted by Gasteiger charge is 2.14. The van der Waals surface area contributed by atoms with Gasteiger partial charge in [0.05, 0.1) is 10.2 Å². The first-order valence-electron chi connectivity index (χ1n) is 8.12. The van der Waals surface area contributed by atoms with Gasteiger partial charge in [-0.2, -0.15) is 5.26 Å². The summed E-state index contributed by atoms with van der Waals surface area (Å²) in [5.41, 5.74) is 2.68. The number of aromatic nitrogens is 2. The first kappa shape index (κ1) is 17.8. The van der Waals surface area contributed by atoms with Gasteiger partial charge < -0.3 is 9.72 Å². The van der Waals surface area contributed by atoms with Crippen molar-refractivity contribution in [2.24, 2.45) is 0 Å². The van der Waals surface area contributed by atoms with Crippen molar-refractivity contribution in [2.45, 2.75) is 33.3 Å². The standard InChI is InChI=1S/C19H17N3O3S/c1-11-13(12(2)21-19(24)14(11)9-20)7-8-18(23)25-10-17-22-15-5-3-4-6-16(15)26-17/h3-6H,7-8,10H2,1-2H3,(H,21,24). The number of benzene rings is 1. The van der Waals surface area contributed by atoms with E-state index in [0.29, 0.717) is 17.7 Å². The Bertz CT molecular complexity index is 1040. The van der Waals surface area contributed by atoms with E-state index in [2.05, 4.69) is 9.97 Å². The SMILES string of the molecule is Cc1[nH]c(=O)c(C#N)c(C)c1CCC(=O)OCc1nc2ccccc2s1. The van der Waals surface area contributed by atoms with Crippen molar-refractivity contribution in [1.82, 2.24) is 9.97 Å². The van der Waals surface area contributed by atoms with E-state index in [1.165, 1.54) is 11.3 Å². The zero-order valence-electron chi connectivity index (χ0n) is 14.5. The number of nitrogens with zero attached hydrogens (tertiary/aromatic N) is 2. The lowest BCUT2D eigenvalue weighted by Gasteiger charge is -2.10. The minimum atomic E-state index is -0.398. The Labute approximate surface area is 154 Å². The van der Waals surface area contributed by atoms with E-state index in [0.717, 1.165) is 20.8 Å².